The van der Waals surface area contributed by atoms with Crippen LogP contribution in [0.3, 0.4) is 0 Å². The van der Waals surface area contributed by atoms with Gasteiger partial charge in [0.25, 0.3) is 11.6 Å². The van der Waals surface area contributed by atoms with Crippen LogP contribution in [0.1, 0.15) is 20.9 Å². The molecule has 0 atom stereocenters. The van der Waals surface area contributed by atoms with Crippen LogP contribution in [0, 0.1) is 10.1 Å². The molecular formula is C18H16N4O5S. The predicted octanol–water partition coefficient (Wildman–Crippen LogP) is 3.31. The van der Waals surface area contributed by atoms with E-state index in [-0.39, 0.29) is 5.69 Å². The summed E-state index contributed by atoms with van der Waals surface area (Å²) in [6.07, 6.45) is 0.519. The minimum atomic E-state index is -0.521. The van der Waals surface area contributed by atoms with Crippen molar-refractivity contribution in [2.45, 2.75) is 6.42 Å². The van der Waals surface area contributed by atoms with Gasteiger partial charge < -0.3 is 9.47 Å². The molecule has 0 aliphatic heterocycles. The molecule has 28 heavy (non-hydrogen) atoms. The van der Waals surface area contributed by atoms with E-state index in [0.29, 0.717) is 33.6 Å². The van der Waals surface area contributed by atoms with Gasteiger partial charge in [-0.3, -0.25) is 20.2 Å². The van der Waals surface area contributed by atoms with Gasteiger partial charge in [-0.2, -0.15) is 0 Å². The largest absolute Gasteiger partial charge is 0.493 e. The van der Waals surface area contributed by atoms with Crippen LogP contribution in [-0.2, 0) is 6.42 Å². The summed E-state index contributed by atoms with van der Waals surface area (Å²) in [6, 6.07) is 10.9. The third kappa shape index (κ3) is 4.41. The lowest BCUT2D eigenvalue weighted by Gasteiger charge is -2.08. The number of nitrogens with one attached hydrogen (secondary N) is 1. The number of methoxy groups -OCH3 is 2. The third-order valence-electron chi connectivity index (χ3n) is 3.83. The molecule has 0 unspecified atom stereocenters. The molecule has 1 aromatic heterocycles. The van der Waals surface area contributed by atoms with Gasteiger partial charge in [0.2, 0.25) is 5.13 Å². The molecule has 3 aromatic rings. The number of non-ortho nitro benzene ring substituents is 1. The number of ether oxygens (including phenoxy) is 2. The average Bonchev–Trinajstić information content (AvgIpc) is 3.14. The van der Waals surface area contributed by atoms with Gasteiger partial charge in [0, 0.05) is 24.1 Å². The van der Waals surface area contributed by atoms with E-state index in [0.717, 1.165) is 5.56 Å². The molecule has 0 saturated heterocycles. The number of hydrogen-bond acceptors (Lipinski definition) is 8. The second-order valence-electron chi connectivity index (χ2n) is 5.63. The molecule has 1 amide bonds. The van der Waals surface area contributed by atoms with E-state index in [1.807, 2.05) is 18.2 Å². The van der Waals surface area contributed by atoms with Crippen LogP contribution in [0.2, 0.25) is 0 Å². The highest BCUT2D eigenvalue weighted by Gasteiger charge is 2.13. The van der Waals surface area contributed by atoms with Crippen molar-refractivity contribution >= 4 is 28.1 Å². The molecule has 10 heteroatoms. The van der Waals surface area contributed by atoms with E-state index in [1.54, 1.807) is 14.2 Å². The SMILES string of the molecule is COc1ccc(Cc2nnc(NC(=O)c3ccc([N+](=O)[O-])cc3)s2)cc1OC. The van der Waals surface area contributed by atoms with Gasteiger partial charge in [0.1, 0.15) is 5.01 Å². The van der Waals surface area contributed by atoms with Crippen LogP contribution in [0.25, 0.3) is 0 Å². The first kappa shape index (κ1) is 19.2. The second kappa shape index (κ2) is 8.44. The standard InChI is InChI=1S/C18H16N4O5S/c1-26-14-8-3-11(9-15(14)27-2)10-16-20-21-18(28-16)19-17(23)12-4-6-13(7-5-12)22(24)25/h3-9H,10H2,1-2H3,(H,19,21,23). The maximum absolute atomic E-state index is 12.2. The fourth-order valence-corrected chi connectivity index (χ4v) is 3.21. The topological polar surface area (TPSA) is 116 Å². The molecule has 9 nitrogen and oxygen atoms in total. The Balaban J connectivity index is 1.67. The lowest BCUT2D eigenvalue weighted by molar-refractivity contribution is -0.384. The highest BCUT2D eigenvalue weighted by atomic mass is 32.1. The van der Waals surface area contributed by atoms with Crippen LogP contribution in [0.15, 0.2) is 42.5 Å². The first-order chi connectivity index (χ1) is 13.5. The Morgan fingerprint density at radius 1 is 1.11 bits per heavy atom. The summed E-state index contributed by atoms with van der Waals surface area (Å²) < 4.78 is 10.5. The van der Waals surface area contributed by atoms with Gasteiger partial charge in [0.05, 0.1) is 19.1 Å². The number of amides is 1. The van der Waals surface area contributed by atoms with Crippen LogP contribution in [0.5, 0.6) is 11.5 Å². The Hall–Kier alpha value is -3.53. The van der Waals surface area contributed by atoms with Gasteiger partial charge >= 0.3 is 0 Å². The first-order valence-corrected chi connectivity index (χ1v) is 8.91. The summed E-state index contributed by atoms with van der Waals surface area (Å²) in [5.41, 5.74) is 1.17. The molecule has 3 rings (SSSR count). The monoisotopic (exact) mass is 400 g/mol. The molecule has 1 heterocycles. The predicted molar refractivity (Wildman–Crippen MR) is 103 cm³/mol. The maximum Gasteiger partial charge on any atom is 0.269 e. The Labute approximate surface area is 164 Å². The fraction of sp³-hybridized carbons (Fsp3) is 0.167. The van der Waals surface area contributed by atoms with E-state index in [1.165, 1.54) is 35.6 Å². The number of nitrogens with zero attached hydrogens (tertiary/aromatic N) is 3. The first-order valence-electron chi connectivity index (χ1n) is 8.09. The Morgan fingerprint density at radius 2 is 1.82 bits per heavy atom. The minimum absolute atomic E-state index is 0.0790. The molecule has 1 N–H and O–H groups in total. The van der Waals surface area contributed by atoms with Gasteiger partial charge in [-0.15, -0.1) is 10.2 Å². The maximum atomic E-state index is 12.2. The Kier molecular flexibility index (Phi) is 5.80. The zero-order chi connectivity index (χ0) is 20.1. The number of hydrogen-bond donors (Lipinski definition) is 1. The second-order valence-corrected chi connectivity index (χ2v) is 6.69. The Bertz CT molecular complexity index is 1000. The molecule has 0 aliphatic rings. The third-order valence-corrected chi connectivity index (χ3v) is 4.67. The molecule has 0 fully saturated rings. The number of carbonyl (C=O) groups is 1. The molecule has 2 aromatic carbocycles. The molecule has 144 valence electrons. The molecule has 0 bridgehead atoms. The zero-order valence-corrected chi connectivity index (χ0v) is 15.9. The van der Waals surface area contributed by atoms with Gasteiger partial charge in [-0.1, -0.05) is 17.4 Å². The Morgan fingerprint density at radius 3 is 2.46 bits per heavy atom. The highest BCUT2D eigenvalue weighted by molar-refractivity contribution is 7.15. The normalized spacial score (nSPS) is 10.4. The van der Waals surface area contributed by atoms with Crippen LogP contribution < -0.4 is 14.8 Å². The summed E-state index contributed by atoms with van der Waals surface area (Å²) in [5, 5.41) is 22.4. The summed E-state index contributed by atoms with van der Waals surface area (Å²) in [5.74, 6) is 0.847. The number of nitro groups is 1. The summed E-state index contributed by atoms with van der Waals surface area (Å²) in [4.78, 5) is 22.4. The minimum Gasteiger partial charge on any atom is -0.493 e. The molecule has 0 radical (unpaired) electrons. The highest BCUT2D eigenvalue weighted by Crippen LogP contribution is 2.29. The van der Waals surface area contributed by atoms with Crippen molar-refractivity contribution in [3.63, 3.8) is 0 Å². The number of carbonyl (C=O) groups excluding carboxylic acids is 1. The average molecular weight is 400 g/mol. The van der Waals surface area contributed by atoms with Crippen molar-refractivity contribution in [2.75, 3.05) is 19.5 Å². The number of rotatable bonds is 7. The molecule has 0 spiro atoms. The lowest BCUT2D eigenvalue weighted by Crippen LogP contribution is -2.11. The van der Waals surface area contributed by atoms with Gasteiger partial charge in [0.15, 0.2) is 11.5 Å². The van der Waals surface area contributed by atoms with Crippen molar-refractivity contribution in [3.8, 4) is 11.5 Å². The van der Waals surface area contributed by atoms with E-state index in [2.05, 4.69) is 15.5 Å². The fourth-order valence-electron chi connectivity index (χ4n) is 2.44. The molecular weight excluding hydrogens is 384 g/mol. The van der Waals surface area contributed by atoms with Gasteiger partial charge in [-0.05, 0) is 29.8 Å². The summed E-state index contributed by atoms with van der Waals surface area (Å²) >= 11 is 1.25. The van der Waals surface area contributed by atoms with Crippen LogP contribution in [-0.4, -0.2) is 35.2 Å². The van der Waals surface area contributed by atoms with E-state index >= 15 is 0 Å². The van der Waals surface area contributed by atoms with Crippen molar-refractivity contribution in [1.82, 2.24) is 10.2 Å². The van der Waals surface area contributed by atoms with Crippen molar-refractivity contribution < 1.29 is 19.2 Å². The smallest absolute Gasteiger partial charge is 0.269 e. The van der Waals surface area contributed by atoms with Crippen LogP contribution >= 0.6 is 11.3 Å². The summed E-state index contributed by atoms with van der Waals surface area (Å²) in [7, 11) is 3.14. The van der Waals surface area contributed by atoms with E-state index in [4.69, 9.17) is 9.47 Å². The molecule has 0 aliphatic carbocycles. The van der Waals surface area contributed by atoms with E-state index in [9.17, 15) is 14.9 Å². The zero-order valence-electron chi connectivity index (χ0n) is 15.0. The van der Waals surface area contributed by atoms with E-state index < -0.39 is 10.8 Å². The number of benzene rings is 2. The van der Waals surface area contributed by atoms with Crippen LogP contribution in [0.4, 0.5) is 10.8 Å². The van der Waals surface area contributed by atoms with Gasteiger partial charge in [-0.25, -0.2) is 0 Å². The number of anilines is 1. The number of nitro benzene ring substituents is 1. The van der Waals surface area contributed by atoms with Crippen molar-refractivity contribution in [3.05, 3.63) is 68.7 Å². The molecule has 0 saturated carbocycles. The van der Waals surface area contributed by atoms with Crippen molar-refractivity contribution in [2.24, 2.45) is 0 Å². The quantitative estimate of drug-likeness (QED) is 0.478. The number of aromatic nitrogens is 2. The van der Waals surface area contributed by atoms with Crippen molar-refractivity contribution in [1.29, 1.82) is 0 Å². The lowest BCUT2D eigenvalue weighted by atomic mass is 10.1. The summed E-state index contributed by atoms with van der Waals surface area (Å²) in [6.45, 7) is 0.